The van der Waals surface area contributed by atoms with Gasteiger partial charge in [-0.15, -0.1) is 0 Å². The number of anilines is 2. The molecule has 2 aromatic rings. The maximum absolute atomic E-state index is 12.6. The minimum Gasteiger partial charge on any atom is -0.325 e. The van der Waals surface area contributed by atoms with E-state index in [0.717, 1.165) is 21.3 Å². The van der Waals surface area contributed by atoms with Crippen LogP contribution in [-0.4, -0.2) is 18.4 Å². The fourth-order valence-corrected chi connectivity index (χ4v) is 3.49. The molecule has 130 valence electrons. The van der Waals surface area contributed by atoms with E-state index >= 15 is 0 Å². The van der Waals surface area contributed by atoms with Gasteiger partial charge in [-0.2, -0.15) is 0 Å². The lowest BCUT2D eigenvalue weighted by molar-refractivity contribution is -0.122. The van der Waals surface area contributed by atoms with E-state index in [1.165, 1.54) is 0 Å². The van der Waals surface area contributed by atoms with E-state index in [0.29, 0.717) is 17.3 Å². The summed E-state index contributed by atoms with van der Waals surface area (Å²) in [5.74, 6) is -0.574. The summed E-state index contributed by atoms with van der Waals surface area (Å²) in [5, 5.41) is 3.43. The largest absolute Gasteiger partial charge is 0.325 e. The van der Waals surface area contributed by atoms with Crippen LogP contribution < -0.4 is 10.2 Å². The Labute approximate surface area is 160 Å². The number of nitrogens with one attached hydrogen (secondary N) is 1. The van der Waals surface area contributed by atoms with Gasteiger partial charge in [0.2, 0.25) is 11.8 Å². The molecule has 2 amide bonds. The van der Waals surface area contributed by atoms with Crippen LogP contribution in [-0.2, 0) is 9.59 Å². The van der Waals surface area contributed by atoms with Crippen LogP contribution in [0.1, 0.15) is 17.5 Å². The van der Waals surface area contributed by atoms with Crippen LogP contribution in [0.15, 0.2) is 40.9 Å². The van der Waals surface area contributed by atoms with Crippen LogP contribution in [0.5, 0.6) is 0 Å². The summed E-state index contributed by atoms with van der Waals surface area (Å²) in [6.07, 6.45) is 0.211. The summed E-state index contributed by atoms with van der Waals surface area (Å²) >= 11 is 9.47. The Bertz CT molecular complexity index is 836. The van der Waals surface area contributed by atoms with Gasteiger partial charge in [0.1, 0.15) is 0 Å². The normalized spacial score (nSPS) is 17.0. The lowest BCUT2D eigenvalue weighted by Gasteiger charge is -2.17. The molecule has 0 radical (unpaired) electrons. The van der Waals surface area contributed by atoms with Crippen LogP contribution >= 0.6 is 27.5 Å². The number of halogens is 2. The van der Waals surface area contributed by atoms with Crippen molar-refractivity contribution in [3.63, 3.8) is 0 Å². The minimum absolute atomic E-state index is 0.0328. The van der Waals surface area contributed by atoms with Crippen LogP contribution in [0.3, 0.4) is 0 Å². The highest BCUT2D eigenvalue weighted by molar-refractivity contribution is 9.10. The SMILES string of the molecule is Cc1ccc(N2C[C@H](C(=O)Nc3cc(Cl)c(Br)cc3C)CC2=O)cc1. The molecular formula is C19H18BrClN2O2. The van der Waals surface area contributed by atoms with Gasteiger partial charge in [-0.1, -0.05) is 29.3 Å². The third-order valence-electron chi connectivity index (χ3n) is 4.37. The molecule has 1 heterocycles. The Kier molecular flexibility index (Phi) is 5.16. The molecule has 3 rings (SSSR count). The predicted octanol–water partition coefficient (Wildman–Crippen LogP) is 4.71. The van der Waals surface area contributed by atoms with Crippen molar-refractivity contribution in [3.8, 4) is 0 Å². The van der Waals surface area contributed by atoms with Gasteiger partial charge in [-0.05, 0) is 59.6 Å². The van der Waals surface area contributed by atoms with E-state index < -0.39 is 0 Å². The number of nitrogens with zero attached hydrogens (tertiary/aromatic N) is 1. The Morgan fingerprint density at radius 3 is 2.60 bits per heavy atom. The molecule has 1 fully saturated rings. The maximum atomic E-state index is 12.6. The van der Waals surface area contributed by atoms with Gasteiger partial charge in [0.05, 0.1) is 10.9 Å². The van der Waals surface area contributed by atoms with E-state index in [-0.39, 0.29) is 24.2 Å². The van der Waals surface area contributed by atoms with Crippen molar-refractivity contribution >= 4 is 50.7 Å². The summed E-state index contributed by atoms with van der Waals surface area (Å²) in [7, 11) is 0. The Morgan fingerprint density at radius 2 is 1.92 bits per heavy atom. The molecule has 0 aromatic heterocycles. The molecule has 0 saturated carbocycles. The lowest BCUT2D eigenvalue weighted by atomic mass is 10.1. The molecule has 0 unspecified atom stereocenters. The van der Waals surface area contributed by atoms with E-state index in [1.54, 1.807) is 11.0 Å². The van der Waals surface area contributed by atoms with Crippen molar-refractivity contribution in [2.45, 2.75) is 20.3 Å². The summed E-state index contributed by atoms with van der Waals surface area (Å²) < 4.78 is 0.784. The first-order valence-electron chi connectivity index (χ1n) is 7.98. The molecular weight excluding hydrogens is 404 g/mol. The first-order chi connectivity index (χ1) is 11.8. The standard InChI is InChI=1S/C19H18BrClN2O2/c1-11-3-5-14(6-4-11)23-10-13(8-18(23)24)19(25)22-17-9-16(21)15(20)7-12(17)2/h3-7,9,13H,8,10H2,1-2H3,(H,22,25)/t13-/m1/s1. The molecule has 6 heteroatoms. The average molecular weight is 422 g/mol. The number of aryl methyl sites for hydroxylation is 2. The first kappa shape index (κ1) is 18.0. The quantitative estimate of drug-likeness (QED) is 0.780. The second-order valence-corrected chi connectivity index (χ2v) is 7.57. The Hall–Kier alpha value is -1.85. The molecule has 1 N–H and O–H groups in total. The summed E-state index contributed by atoms with van der Waals surface area (Å²) in [6.45, 7) is 4.28. The molecule has 2 aromatic carbocycles. The maximum Gasteiger partial charge on any atom is 0.229 e. The van der Waals surface area contributed by atoms with Gasteiger partial charge in [0.25, 0.3) is 0 Å². The predicted molar refractivity (Wildman–Crippen MR) is 104 cm³/mol. The zero-order chi connectivity index (χ0) is 18.1. The lowest BCUT2D eigenvalue weighted by Crippen LogP contribution is -2.28. The zero-order valence-corrected chi connectivity index (χ0v) is 16.3. The number of hydrogen-bond acceptors (Lipinski definition) is 2. The number of amides is 2. The highest BCUT2D eigenvalue weighted by atomic mass is 79.9. The Morgan fingerprint density at radius 1 is 1.24 bits per heavy atom. The summed E-state index contributed by atoms with van der Waals surface area (Å²) in [6, 6.07) is 11.3. The summed E-state index contributed by atoms with van der Waals surface area (Å²) in [4.78, 5) is 26.6. The minimum atomic E-state index is -0.379. The second kappa shape index (κ2) is 7.18. The molecule has 0 spiro atoms. The van der Waals surface area contributed by atoms with Crippen molar-refractivity contribution in [2.75, 3.05) is 16.8 Å². The van der Waals surface area contributed by atoms with Crippen molar-refractivity contribution in [1.82, 2.24) is 0 Å². The van der Waals surface area contributed by atoms with Gasteiger partial charge in [0, 0.05) is 28.8 Å². The van der Waals surface area contributed by atoms with E-state index in [4.69, 9.17) is 11.6 Å². The summed E-state index contributed by atoms with van der Waals surface area (Å²) in [5.41, 5.74) is 3.53. The highest BCUT2D eigenvalue weighted by Gasteiger charge is 2.35. The van der Waals surface area contributed by atoms with Gasteiger partial charge in [-0.25, -0.2) is 0 Å². The van der Waals surface area contributed by atoms with Gasteiger partial charge < -0.3 is 10.2 Å². The molecule has 1 aliphatic heterocycles. The Balaban J connectivity index is 1.73. The van der Waals surface area contributed by atoms with Crippen molar-refractivity contribution in [2.24, 2.45) is 5.92 Å². The topological polar surface area (TPSA) is 49.4 Å². The molecule has 1 aliphatic rings. The van der Waals surface area contributed by atoms with Crippen molar-refractivity contribution < 1.29 is 9.59 Å². The van der Waals surface area contributed by atoms with Crippen LogP contribution in [0, 0.1) is 19.8 Å². The third-order valence-corrected chi connectivity index (χ3v) is 5.56. The van der Waals surface area contributed by atoms with Gasteiger partial charge >= 0.3 is 0 Å². The van der Waals surface area contributed by atoms with E-state index in [2.05, 4.69) is 21.2 Å². The fourth-order valence-electron chi connectivity index (χ4n) is 2.87. The molecule has 4 nitrogen and oxygen atoms in total. The van der Waals surface area contributed by atoms with Gasteiger partial charge in [-0.3, -0.25) is 9.59 Å². The third kappa shape index (κ3) is 3.88. The molecule has 1 saturated heterocycles. The molecule has 1 atom stereocenters. The van der Waals surface area contributed by atoms with Crippen LogP contribution in [0.25, 0.3) is 0 Å². The molecule has 0 aliphatic carbocycles. The van der Waals surface area contributed by atoms with Crippen molar-refractivity contribution in [3.05, 3.63) is 57.0 Å². The fraction of sp³-hybridized carbons (Fsp3) is 0.263. The van der Waals surface area contributed by atoms with E-state index in [9.17, 15) is 9.59 Å². The number of rotatable bonds is 3. The zero-order valence-electron chi connectivity index (χ0n) is 14.0. The van der Waals surface area contributed by atoms with E-state index in [1.807, 2.05) is 44.2 Å². The van der Waals surface area contributed by atoms with Gasteiger partial charge in [0.15, 0.2) is 0 Å². The molecule has 0 bridgehead atoms. The monoisotopic (exact) mass is 420 g/mol. The second-order valence-electron chi connectivity index (χ2n) is 6.31. The number of carbonyl (C=O) groups is 2. The van der Waals surface area contributed by atoms with Crippen LogP contribution in [0.2, 0.25) is 5.02 Å². The average Bonchev–Trinajstić information content (AvgIpc) is 2.95. The molecule has 25 heavy (non-hydrogen) atoms. The number of hydrogen-bond donors (Lipinski definition) is 1. The van der Waals surface area contributed by atoms with Crippen molar-refractivity contribution in [1.29, 1.82) is 0 Å². The first-order valence-corrected chi connectivity index (χ1v) is 9.16. The van der Waals surface area contributed by atoms with Crippen LogP contribution in [0.4, 0.5) is 11.4 Å². The number of benzene rings is 2. The number of carbonyl (C=O) groups excluding carboxylic acids is 2. The smallest absolute Gasteiger partial charge is 0.229 e. The highest BCUT2D eigenvalue weighted by Crippen LogP contribution is 2.30.